The Morgan fingerprint density at radius 1 is 1.41 bits per heavy atom. The van der Waals surface area contributed by atoms with Gasteiger partial charge in [0.05, 0.1) is 12.7 Å². The van der Waals surface area contributed by atoms with E-state index in [0.717, 1.165) is 13.0 Å². The predicted molar refractivity (Wildman–Crippen MR) is 64.8 cm³/mol. The van der Waals surface area contributed by atoms with Crippen molar-refractivity contribution in [2.45, 2.75) is 31.0 Å². The van der Waals surface area contributed by atoms with Crippen LogP contribution in [0.25, 0.3) is 0 Å². The quantitative estimate of drug-likeness (QED) is 0.850. The van der Waals surface area contributed by atoms with Crippen LogP contribution in [0.4, 0.5) is 4.39 Å². The second kappa shape index (κ2) is 4.39. The third-order valence-corrected chi connectivity index (χ3v) is 3.84. The highest BCUT2D eigenvalue weighted by Crippen LogP contribution is 2.37. The third kappa shape index (κ3) is 2.22. The van der Waals surface area contributed by atoms with E-state index in [9.17, 15) is 4.39 Å². The smallest absolute Gasteiger partial charge is 0.127 e. The van der Waals surface area contributed by atoms with Gasteiger partial charge >= 0.3 is 0 Å². The standard InChI is InChI=1S/C14H18FNO/c15-14(6-7-16-10-14)9-13-12-4-2-1-3-11(12)5-8-17-13/h1-4,13,16H,5-10H2. The number of rotatable bonds is 2. The van der Waals surface area contributed by atoms with Crippen molar-refractivity contribution in [3.8, 4) is 0 Å². The average Bonchev–Trinajstić information content (AvgIpc) is 2.76. The number of halogens is 1. The zero-order chi connectivity index (χ0) is 11.7. The van der Waals surface area contributed by atoms with E-state index < -0.39 is 5.67 Å². The molecule has 2 aliphatic rings. The number of fused-ring (bicyclic) bond motifs is 1. The van der Waals surface area contributed by atoms with Gasteiger partial charge in [-0.3, -0.25) is 0 Å². The maximum Gasteiger partial charge on any atom is 0.127 e. The Balaban J connectivity index is 1.81. The molecule has 3 heteroatoms. The summed E-state index contributed by atoms with van der Waals surface area (Å²) in [5.74, 6) is 0. The Bertz CT molecular complexity index is 401. The van der Waals surface area contributed by atoms with Crippen molar-refractivity contribution >= 4 is 0 Å². The lowest BCUT2D eigenvalue weighted by atomic mass is 9.89. The van der Waals surface area contributed by atoms with Gasteiger partial charge in [0.2, 0.25) is 0 Å². The summed E-state index contributed by atoms with van der Waals surface area (Å²) in [6, 6.07) is 8.26. The van der Waals surface area contributed by atoms with Gasteiger partial charge < -0.3 is 10.1 Å². The molecule has 1 saturated heterocycles. The fourth-order valence-corrected chi connectivity index (χ4v) is 2.87. The second-order valence-corrected chi connectivity index (χ2v) is 5.09. The Hall–Kier alpha value is -0.930. The van der Waals surface area contributed by atoms with E-state index >= 15 is 0 Å². The molecule has 17 heavy (non-hydrogen) atoms. The fraction of sp³-hybridized carbons (Fsp3) is 0.571. The van der Waals surface area contributed by atoms with E-state index in [-0.39, 0.29) is 6.10 Å². The molecule has 0 radical (unpaired) electrons. The van der Waals surface area contributed by atoms with Crippen LogP contribution in [0.2, 0.25) is 0 Å². The minimum atomic E-state index is -1.09. The first-order valence-corrected chi connectivity index (χ1v) is 6.36. The number of nitrogens with one attached hydrogen (secondary N) is 1. The van der Waals surface area contributed by atoms with Crippen molar-refractivity contribution in [2.24, 2.45) is 0 Å². The fourth-order valence-electron chi connectivity index (χ4n) is 2.87. The highest BCUT2D eigenvalue weighted by atomic mass is 19.1. The topological polar surface area (TPSA) is 21.3 Å². The van der Waals surface area contributed by atoms with Crippen molar-refractivity contribution < 1.29 is 9.13 Å². The van der Waals surface area contributed by atoms with E-state index in [4.69, 9.17) is 4.74 Å². The lowest BCUT2D eigenvalue weighted by molar-refractivity contribution is -0.00159. The molecule has 0 amide bonds. The summed E-state index contributed by atoms with van der Waals surface area (Å²) >= 11 is 0. The van der Waals surface area contributed by atoms with Crippen molar-refractivity contribution in [1.82, 2.24) is 5.32 Å². The highest BCUT2D eigenvalue weighted by molar-refractivity contribution is 5.31. The van der Waals surface area contributed by atoms with Crippen molar-refractivity contribution in [2.75, 3.05) is 19.7 Å². The third-order valence-electron chi connectivity index (χ3n) is 3.84. The van der Waals surface area contributed by atoms with Gasteiger partial charge in [-0.15, -0.1) is 0 Å². The Labute approximate surface area is 101 Å². The summed E-state index contributed by atoms with van der Waals surface area (Å²) in [4.78, 5) is 0. The van der Waals surface area contributed by atoms with E-state index in [1.54, 1.807) is 0 Å². The maximum atomic E-state index is 14.4. The van der Waals surface area contributed by atoms with Gasteiger partial charge in [-0.05, 0) is 30.5 Å². The SMILES string of the molecule is FC1(CC2OCCc3ccccc32)CCNC1. The number of ether oxygens (including phenoxy) is 1. The first-order chi connectivity index (χ1) is 8.27. The Morgan fingerprint density at radius 3 is 3.12 bits per heavy atom. The van der Waals surface area contributed by atoms with Crippen molar-refractivity contribution in [1.29, 1.82) is 0 Å². The van der Waals surface area contributed by atoms with Crippen LogP contribution in [0.1, 0.15) is 30.1 Å². The minimum Gasteiger partial charge on any atom is -0.373 e. The number of benzene rings is 1. The number of alkyl halides is 1. The van der Waals surface area contributed by atoms with E-state index in [1.165, 1.54) is 11.1 Å². The lowest BCUT2D eigenvalue weighted by Crippen LogP contribution is -2.31. The van der Waals surface area contributed by atoms with Crippen molar-refractivity contribution in [3.63, 3.8) is 0 Å². The van der Waals surface area contributed by atoms with Gasteiger partial charge in [-0.25, -0.2) is 4.39 Å². The summed E-state index contributed by atoms with van der Waals surface area (Å²) in [6.07, 6.45) is 1.97. The molecule has 2 aliphatic heterocycles. The van der Waals surface area contributed by atoms with Crippen LogP contribution in [-0.4, -0.2) is 25.4 Å². The zero-order valence-electron chi connectivity index (χ0n) is 9.92. The van der Waals surface area contributed by atoms with Gasteiger partial charge in [-0.1, -0.05) is 24.3 Å². The largest absolute Gasteiger partial charge is 0.373 e. The van der Waals surface area contributed by atoms with Gasteiger partial charge in [-0.2, -0.15) is 0 Å². The number of hydrogen-bond donors (Lipinski definition) is 1. The summed E-state index contributed by atoms with van der Waals surface area (Å²) in [7, 11) is 0. The first-order valence-electron chi connectivity index (χ1n) is 6.36. The number of hydrogen-bond acceptors (Lipinski definition) is 2. The molecule has 2 heterocycles. The van der Waals surface area contributed by atoms with Crippen LogP contribution >= 0.6 is 0 Å². The summed E-state index contributed by atoms with van der Waals surface area (Å²) < 4.78 is 20.2. The van der Waals surface area contributed by atoms with Crippen LogP contribution in [0.15, 0.2) is 24.3 Å². The summed E-state index contributed by atoms with van der Waals surface area (Å²) in [5, 5.41) is 3.10. The molecule has 0 saturated carbocycles. The van der Waals surface area contributed by atoms with Gasteiger partial charge in [0, 0.05) is 13.0 Å². The highest BCUT2D eigenvalue weighted by Gasteiger charge is 2.38. The molecule has 1 aromatic rings. The monoisotopic (exact) mass is 235 g/mol. The molecule has 0 aliphatic carbocycles. The zero-order valence-corrected chi connectivity index (χ0v) is 9.92. The Morgan fingerprint density at radius 2 is 2.29 bits per heavy atom. The molecule has 0 spiro atoms. The van der Waals surface area contributed by atoms with Gasteiger partial charge in [0.15, 0.2) is 0 Å². The molecule has 2 unspecified atom stereocenters. The molecule has 1 N–H and O–H groups in total. The molecular formula is C14H18FNO. The van der Waals surface area contributed by atoms with E-state index in [0.29, 0.717) is 26.0 Å². The summed E-state index contributed by atoms with van der Waals surface area (Å²) in [6.45, 7) is 1.96. The van der Waals surface area contributed by atoms with Crippen LogP contribution in [-0.2, 0) is 11.2 Å². The van der Waals surface area contributed by atoms with Gasteiger partial charge in [0.1, 0.15) is 5.67 Å². The van der Waals surface area contributed by atoms with Crippen LogP contribution < -0.4 is 5.32 Å². The molecule has 1 aromatic carbocycles. The first kappa shape index (κ1) is 11.2. The summed E-state index contributed by atoms with van der Waals surface area (Å²) in [5.41, 5.74) is 1.41. The average molecular weight is 235 g/mol. The van der Waals surface area contributed by atoms with E-state index in [1.807, 2.05) is 12.1 Å². The predicted octanol–water partition coefficient (Wildman–Crippen LogP) is 2.39. The van der Waals surface area contributed by atoms with Crippen LogP contribution in [0.3, 0.4) is 0 Å². The molecule has 92 valence electrons. The van der Waals surface area contributed by atoms with E-state index in [2.05, 4.69) is 17.4 Å². The van der Waals surface area contributed by atoms with Crippen LogP contribution in [0, 0.1) is 0 Å². The molecule has 0 aromatic heterocycles. The Kier molecular flexibility index (Phi) is 2.89. The van der Waals surface area contributed by atoms with Gasteiger partial charge in [0.25, 0.3) is 0 Å². The van der Waals surface area contributed by atoms with Crippen molar-refractivity contribution in [3.05, 3.63) is 35.4 Å². The molecule has 3 rings (SSSR count). The minimum absolute atomic E-state index is 0.0650. The second-order valence-electron chi connectivity index (χ2n) is 5.09. The molecular weight excluding hydrogens is 217 g/mol. The normalized spacial score (nSPS) is 32.4. The molecule has 2 nitrogen and oxygen atoms in total. The lowest BCUT2D eigenvalue weighted by Gasteiger charge is -2.30. The van der Waals surface area contributed by atoms with Crippen LogP contribution in [0.5, 0.6) is 0 Å². The molecule has 1 fully saturated rings. The maximum absolute atomic E-state index is 14.4. The molecule has 2 atom stereocenters. The molecule has 0 bridgehead atoms.